The fourth-order valence-electron chi connectivity index (χ4n) is 3.12. The van der Waals surface area contributed by atoms with E-state index in [4.69, 9.17) is 11.6 Å². The zero-order valence-electron chi connectivity index (χ0n) is 17.3. The molecule has 2 N–H and O–H groups in total. The van der Waals surface area contributed by atoms with E-state index in [1.807, 2.05) is 30.5 Å². The minimum absolute atomic E-state index is 0.0727. The summed E-state index contributed by atoms with van der Waals surface area (Å²) in [5.41, 5.74) is 2.93. The summed E-state index contributed by atoms with van der Waals surface area (Å²) in [5, 5.41) is 4.64. The second-order valence-electron chi connectivity index (χ2n) is 8.16. The lowest BCUT2D eigenvalue weighted by Crippen LogP contribution is -2.16. The van der Waals surface area contributed by atoms with Crippen molar-refractivity contribution >= 4 is 27.3 Å². The molecule has 0 spiro atoms. The van der Waals surface area contributed by atoms with Crippen LogP contribution >= 0.6 is 11.6 Å². The summed E-state index contributed by atoms with van der Waals surface area (Å²) in [6, 6.07) is 12.2. The van der Waals surface area contributed by atoms with Crippen LogP contribution in [0.1, 0.15) is 26.3 Å². The van der Waals surface area contributed by atoms with E-state index in [-0.39, 0.29) is 16.0 Å². The summed E-state index contributed by atoms with van der Waals surface area (Å²) >= 11 is 6.10. The van der Waals surface area contributed by atoms with Crippen molar-refractivity contribution in [3.8, 4) is 17.1 Å². The first-order valence-corrected chi connectivity index (χ1v) is 11.5. The molecule has 0 fully saturated rings. The van der Waals surface area contributed by atoms with Gasteiger partial charge in [-0.05, 0) is 41.3 Å². The number of H-pyrrole nitrogens is 1. The molecule has 3 aromatic heterocycles. The Labute approximate surface area is 186 Å². The van der Waals surface area contributed by atoms with Gasteiger partial charge in [-0.1, -0.05) is 44.5 Å². The SMILES string of the molecule is CC(C)(C)c1ccc(S(=O)(=O)Nc2cc(Cl)cnc2-n2cc(-c3ccc[nH]3)cn2)cc1. The quantitative estimate of drug-likeness (QED) is 0.442. The Morgan fingerprint density at radius 2 is 1.84 bits per heavy atom. The lowest BCUT2D eigenvalue weighted by molar-refractivity contribution is 0.587. The van der Waals surface area contributed by atoms with Crippen LogP contribution in [0.25, 0.3) is 17.1 Å². The number of halogens is 1. The number of nitrogens with one attached hydrogen (secondary N) is 2. The highest BCUT2D eigenvalue weighted by Gasteiger charge is 2.20. The van der Waals surface area contributed by atoms with Crippen LogP contribution in [0.5, 0.6) is 0 Å². The number of sulfonamides is 1. The van der Waals surface area contributed by atoms with Crippen LogP contribution < -0.4 is 4.72 Å². The molecule has 0 aliphatic heterocycles. The van der Waals surface area contributed by atoms with Crippen molar-refractivity contribution in [3.05, 3.63) is 77.8 Å². The highest BCUT2D eigenvalue weighted by molar-refractivity contribution is 7.92. The third-order valence-electron chi connectivity index (χ3n) is 4.82. The van der Waals surface area contributed by atoms with Crippen molar-refractivity contribution in [1.82, 2.24) is 19.7 Å². The third-order valence-corrected chi connectivity index (χ3v) is 6.40. The van der Waals surface area contributed by atoms with Gasteiger partial charge in [-0.3, -0.25) is 4.72 Å². The van der Waals surface area contributed by atoms with Crippen molar-refractivity contribution in [2.45, 2.75) is 31.1 Å². The van der Waals surface area contributed by atoms with E-state index in [0.29, 0.717) is 10.8 Å². The Balaban J connectivity index is 1.68. The van der Waals surface area contributed by atoms with Crippen molar-refractivity contribution < 1.29 is 8.42 Å². The smallest absolute Gasteiger partial charge is 0.262 e. The number of aromatic nitrogens is 4. The fraction of sp³-hybridized carbons (Fsp3) is 0.182. The Morgan fingerprint density at radius 1 is 1.10 bits per heavy atom. The summed E-state index contributed by atoms with van der Waals surface area (Å²) in [6.45, 7) is 6.22. The van der Waals surface area contributed by atoms with Gasteiger partial charge < -0.3 is 4.98 Å². The molecule has 4 rings (SSSR count). The number of hydrogen-bond donors (Lipinski definition) is 2. The van der Waals surface area contributed by atoms with Crippen molar-refractivity contribution in [1.29, 1.82) is 0 Å². The van der Waals surface area contributed by atoms with E-state index in [9.17, 15) is 8.42 Å². The molecule has 0 aliphatic rings. The highest BCUT2D eigenvalue weighted by atomic mass is 35.5. The maximum atomic E-state index is 13.0. The van der Waals surface area contributed by atoms with Crippen LogP contribution in [0, 0.1) is 0 Å². The molecular formula is C22H22ClN5O2S. The van der Waals surface area contributed by atoms with Crippen LogP contribution in [0.15, 0.2) is 72.1 Å². The van der Waals surface area contributed by atoms with Gasteiger partial charge >= 0.3 is 0 Å². The van der Waals surface area contributed by atoms with Crippen LogP contribution in [0.4, 0.5) is 5.69 Å². The number of anilines is 1. The molecule has 0 bridgehead atoms. The Morgan fingerprint density at radius 3 is 2.48 bits per heavy atom. The standard InChI is InChI=1S/C22H22ClN5O2S/c1-22(2,3)16-6-8-18(9-7-16)31(29,30)27-20-11-17(23)13-25-21(20)28-14-15(12-26-28)19-5-4-10-24-19/h4-14,24,27H,1-3H3. The van der Waals surface area contributed by atoms with E-state index in [0.717, 1.165) is 16.8 Å². The molecule has 7 nitrogen and oxygen atoms in total. The van der Waals surface area contributed by atoms with Crippen LogP contribution in [-0.2, 0) is 15.4 Å². The molecular weight excluding hydrogens is 434 g/mol. The monoisotopic (exact) mass is 455 g/mol. The predicted octanol–water partition coefficient (Wildman–Crippen LogP) is 5.01. The van der Waals surface area contributed by atoms with Gasteiger partial charge in [0.05, 0.1) is 21.8 Å². The molecule has 31 heavy (non-hydrogen) atoms. The Bertz CT molecular complexity index is 1300. The molecule has 0 saturated carbocycles. The van der Waals surface area contributed by atoms with Gasteiger partial charge in [0.25, 0.3) is 10.0 Å². The first-order valence-electron chi connectivity index (χ1n) is 9.61. The van der Waals surface area contributed by atoms with E-state index in [1.54, 1.807) is 24.5 Å². The third kappa shape index (κ3) is 4.50. The average molecular weight is 456 g/mol. The molecule has 3 heterocycles. The van der Waals surface area contributed by atoms with Crippen LogP contribution in [-0.4, -0.2) is 28.2 Å². The molecule has 0 saturated heterocycles. The summed E-state index contributed by atoms with van der Waals surface area (Å²) in [7, 11) is -3.86. The molecule has 0 aliphatic carbocycles. The molecule has 9 heteroatoms. The molecule has 0 unspecified atom stereocenters. The fourth-order valence-corrected chi connectivity index (χ4v) is 4.32. The predicted molar refractivity (Wildman–Crippen MR) is 122 cm³/mol. The molecule has 0 amide bonds. The van der Waals surface area contributed by atoms with Crippen molar-refractivity contribution in [2.75, 3.05) is 4.72 Å². The molecule has 1 aromatic carbocycles. The van der Waals surface area contributed by atoms with Gasteiger partial charge in [0, 0.05) is 29.8 Å². The van der Waals surface area contributed by atoms with Gasteiger partial charge in [0.1, 0.15) is 0 Å². The Hall–Kier alpha value is -3.10. The van der Waals surface area contributed by atoms with E-state index < -0.39 is 10.0 Å². The second kappa shape index (κ2) is 7.86. The second-order valence-corrected chi connectivity index (χ2v) is 10.3. The minimum Gasteiger partial charge on any atom is -0.361 e. The lowest BCUT2D eigenvalue weighted by Gasteiger charge is -2.19. The first-order chi connectivity index (χ1) is 14.6. The van der Waals surface area contributed by atoms with Gasteiger partial charge in [0.2, 0.25) is 0 Å². The van der Waals surface area contributed by atoms with Gasteiger partial charge in [-0.25, -0.2) is 18.1 Å². The summed E-state index contributed by atoms with van der Waals surface area (Å²) in [5.74, 6) is 0.317. The Kier molecular flexibility index (Phi) is 5.36. The normalized spacial score (nSPS) is 12.1. The van der Waals surface area contributed by atoms with Crippen LogP contribution in [0.2, 0.25) is 5.02 Å². The molecule has 160 valence electrons. The topological polar surface area (TPSA) is 92.7 Å². The van der Waals surface area contributed by atoms with E-state index in [1.165, 1.54) is 16.9 Å². The lowest BCUT2D eigenvalue weighted by atomic mass is 9.87. The highest BCUT2D eigenvalue weighted by Crippen LogP contribution is 2.28. The average Bonchev–Trinajstić information content (AvgIpc) is 3.39. The number of aromatic amines is 1. The first kappa shape index (κ1) is 21.1. The van der Waals surface area contributed by atoms with Gasteiger partial charge in [-0.2, -0.15) is 5.10 Å². The number of pyridine rings is 1. The maximum absolute atomic E-state index is 13.0. The largest absolute Gasteiger partial charge is 0.361 e. The summed E-state index contributed by atoms with van der Waals surface area (Å²) in [6.07, 6.45) is 6.70. The summed E-state index contributed by atoms with van der Waals surface area (Å²) < 4.78 is 30.2. The molecule has 4 aromatic rings. The zero-order valence-corrected chi connectivity index (χ0v) is 18.9. The van der Waals surface area contributed by atoms with Crippen LogP contribution in [0.3, 0.4) is 0 Å². The van der Waals surface area contributed by atoms with Gasteiger partial charge in [0.15, 0.2) is 5.82 Å². The zero-order chi connectivity index (χ0) is 22.2. The van der Waals surface area contributed by atoms with E-state index in [2.05, 4.69) is 40.6 Å². The molecule has 0 atom stereocenters. The molecule has 0 radical (unpaired) electrons. The number of benzene rings is 1. The maximum Gasteiger partial charge on any atom is 0.262 e. The van der Waals surface area contributed by atoms with Crippen molar-refractivity contribution in [3.63, 3.8) is 0 Å². The number of hydrogen-bond acceptors (Lipinski definition) is 4. The summed E-state index contributed by atoms with van der Waals surface area (Å²) in [4.78, 5) is 7.56. The van der Waals surface area contributed by atoms with Gasteiger partial charge in [-0.15, -0.1) is 0 Å². The van der Waals surface area contributed by atoms with Crippen molar-refractivity contribution in [2.24, 2.45) is 0 Å². The number of nitrogens with zero attached hydrogens (tertiary/aromatic N) is 3. The van der Waals surface area contributed by atoms with E-state index >= 15 is 0 Å². The number of rotatable bonds is 5. The minimum atomic E-state index is -3.86.